The number of likely N-dealkylation sites (N-methyl/N-ethyl adjacent to an activating group) is 1. The normalized spacial score (nSPS) is 21.1. The van der Waals surface area contributed by atoms with Gasteiger partial charge in [-0.1, -0.05) is 25.4 Å². The molecule has 21 heavy (non-hydrogen) atoms. The SMILES string of the molecule is CCNC(Cc1ccc(Cl)s1)C(C)(CC)N1CCOCC1. The molecule has 1 aromatic rings. The molecule has 1 aliphatic rings. The molecule has 0 spiro atoms. The van der Waals surface area contributed by atoms with Gasteiger partial charge in [-0.05, 0) is 38.4 Å². The second-order valence-electron chi connectivity index (χ2n) is 5.83. The second kappa shape index (κ2) is 7.93. The van der Waals surface area contributed by atoms with Gasteiger partial charge in [-0.15, -0.1) is 11.3 Å². The fourth-order valence-electron chi connectivity index (χ4n) is 3.19. The summed E-state index contributed by atoms with van der Waals surface area (Å²) in [7, 11) is 0. The maximum Gasteiger partial charge on any atom is 0.0931 e. The van der Waals surface area contributed by atoms with Gasteiger partial charge in [0, 0.05) is 29.5 Å². The Balaban J connectivity index is 2.15. The molecule has 1 N–H and O–H groups in total. The number of thiophene rings is 1. The molecule has 0 saturated carbocycles. The summed E-state index contributed by atoms with van der Waals surface area (Å²) in [6, 6.07) is 4.59. The van der Waals surface area contributed by atoms with E-state index in [2.05, 4.69) is 37.1 Å². The Labute approximate surface area is 137 Å². The third-order valence-electron chi connectivity index (χ3n) is 4.68. The molecular formula is C16H27ClN2OS. The average Bonchev–Trinajstić information content (AvgIpc) is 2.92. The fraction of sp³-hybridized carbons (Fsp3) is 0.750. The number of morpholine rings is 1. The predicted molar refractivity (Wildman–Crippen MR) is 91.6 cm³/mol. The smallest absolute Gasteiger partial charge is 0.0931 e. The molecule has 2 heterocycles. The van der Waals surface area contributed by atoms with Gasteiger partial charge in [0.2, 0.25) is 0 Å². The van der Waals surface area contributed by atoms with Crippen molar-refractivity contribution in [3.63, 3.8) is 0 Å². The van der Waals surface area contributed by atoms with Gasteiger partial charge < -0.3 is 10.1 Å². The van der Waals surface area contributed by atoms with Crippen LogP contribution in [0.1, 0.15) is 32.1 Å². The number of halogens is 1. The summed E-state index contributed by atoms with van der Waals surface area (Å²) >= 11 is 7.79. The first-order valence-corrected chi connectivity index (χ1v) is 9.10. The van der Waals surface area contributed by atoms with E-state index < -0.39 is 0 Å². The lowest BCUT2D eigenvalue weighted by Gasteiger charge is -2.48. The number of nitrogens with zero attached hydrogens (tertiary/aromatic N) is 1. The van der Waals surface area contributed by atoms with Crippen LogP contribution in [-0.4, -0.2) is 49.3 Å². The van der Waals surface area contributed by atoms with Crippen molar-refractivity contribution in [2.24, 2.45) is 0 Å². The Morgan fingerprint density at radius 2 is 2.10 bits per heavy atom. The van der Waals surface area contributed by atoms with Crippen molar-refractivity contribution in [2.75, 3.05) is 32.8 Å². The maximum absolute atomic E-state index is 6.09. The molecule has 1 aromatic heterocycles. The maximum atomic E-state index is 6.09. The van der Waals surface area contributed by atoms with Gasteiger partial charge in [0.05, 0.1) is 17.6 Å². The summed E-state index contributed by atoms with van der Waals surface area (Å²) in [5.74, 6) is 0. The van der Waals surface area contributed by atoms with Gasteiger partial charge in [-0.3, -0.25) is 4.90 Å². The summed E-state index contributed by atoms with van der Waals surface area (Å²) in [5, 5.41) is 3.71. The van der Waals surface area contributed by atoms with Crippen molar-refractivity contribution in [3.8, 4) is 0 Å². The molecule has 2 unspecified atom stereocenters. The van der Waals surface area contributed by atoms with Crippen LogP contribution in [0.25, 0.3) is 0 Å². The number of nitrogens with one attached hydrogen (secondary N) is 1. The Hall–Kier alpha value is -0.130. The van der Waals surface area contributed by atoms with Crippen molar-refractivity contribution in [2.45, 2.75) is 45.2 Å². The van der Waals surface area contributed by atoms with Gasteiger partial charge in [0.15, 0.2) is 0 Å². The summed E-state index contributed by atoms with van der Waals surface area (Å²) in [4.78, 5) is 3.96. The number of hydrogen-bond acceptors (Lipinski definition) is 4. The zero-order valence-corrected chi connectivity index (χ0v) is 14.9. The molecule has 1 fully saturated rings. The van der Waals surface area contributed by atoms with E-state index >= 15 is 0 Å². The van der Waals surface area contributed by atoms with Crippen LogP contribution < -0.4 is 5.32 Å². The summed E-state index contributed by atoms with van der Waals surface area (Å²) in [6.45, 7) is 11.6. The molecule has 0 radical (unpaired) electrons. The Bertz CT molecular complexity index is 434. The number of hydrogen-bond donors (Lipinski definition) is 1. The van der Waals surface area contributed by atoms with Crippen molar-refractivity contribution >= 4 is 22.9 Å². The highest BCUT2D eigenvalue weighted by atomic mass is 35.5. The summed E-state index contributed by atoms with van der Waals surface area (Å²) in [6.07, 6.45) is 2.16. The molecule has 2 rings (SSSR count). The minimum atomic E-state index is 0.149. The first-order valence-electron chi connectivity index (χ1n) is 7.90. The van der Waals surface area contributed by atoms with E-state index in [9.17, 15) is 0 Å². The molecule has 0 bridgehead atoms. The zero-order valence-electron chi connectivity index (χ0n) is 13.3. The fourth-order valence-corrected chi connectivity index (χ4v) is 4.32. The molecule has 0 amide bonds. The van der Waals surface area contributed by atoms with Crippen LogP contribution in [0.4, 0.5) is 0 Å². The van der Waals surface area contributed by atoms with Gasteiger partial charge in [-0.25, -0.2) is 0 Å². The molecular weight excluding hydrogens is 304 g/mol. The van der Waals surface area contributed by atoms with E-state index in [0.29, 0.717) is 6.04 Å². The zero-order chi connectivity index (χ0) is 15.3. The molecule has 0 aliphatic carbocycles. The third-order valence-corrected chi connectivity index (χ3v) is 5.94. The molecule has 5 heteroatoms. The van der Waals surface area contributed by atoms with Crippen LogP contribution in [-0.2, 0) is 11.2 Å². The number of rotatable bonds is 7. The summed E-state index contributed by atoms with van der Waals surface area (Å²) < 4.78 is 6.40. The lowest BCUT2D eigenvalue weighted by molar-refractivity contribution is -0.0319. The van der Waals surface area contributed by atoms with Gasteiger partial charge in [-0.2, -0.15) is 0 Å². The minimum Gasteiger partial charge on any atom is -0.379 e. The van der Waals surface area contributed by atoms with Crippen molar-refractivity contribution in [1.82, 2.24) is 10.2 Å². The Morgan fingerprint density at radius 3 is 2.62 bits per heavy atom. The van der Waals surface area contributed by atoms with Crippen molar-refractivity contribution in [1.29, 1.82) is 0 Å². The highest BCUT2D eigenvalue weighted by molar-refractivity contribution is 7.16. The topological polar surface area (TPSA) is 24.5 Å². The highest BCUT2D eigenvalue weighted by Gasteiger charge is 2.38. The van der Waals surface area contributed by atoms with Crippen molar-refractivity contribution < 1.29 is 4.74 Å². The minimum absolute atomic E-state index is 0.149. The molecule has 2 atom stereocenters. The van der Waals surface area contributed by atoms with E-state index in [1.165, 1.54) is 4.88 Å². The van der Waals surface area contributed by atoms with E-state index in [1.807, 2.05) is 6.07 Å². The first kappa shape index (κ1) is 17.2. The third kappa shape index (κ3) is 4.20. The molecule has 3 nitrogen and oxygen atoms in total. The average molecular weight is 331 g/mol. The van der Waals surface area contributed by atoms with Crippen LogP contribution in [0.5, 0.6) is 0 Å². The quantitative estimate of drug-likeness (QED) is 0.829. The van der Waals surface area contributed by atoms with Gasteiger partial charge >= 0.3 is 0 Å². The van der Waals surface area contributed by atoms with Crippen LogP contribution in [0.3, 0.4) is 0 Å². The first-order chi connectivity index (χ1) is 10.1. The molecule has 0 aromatic carbocycles. The monoisotopic (exact) mass is 330 g/mol. The van der Waals surface area contributed by atoms with Crippen LogP contribution in [0.15, 0.2) is 12.1 Å². The highest BCUT2D eigenvalue weighted by Crippen LogP contribution is 2.30. The lowest BCUT2D eigenvalue weighted by Crippen LogP contribution is -2.62. The van der Waals surface area contributed by atoms with E-state index in [4.69, 9.17) is 16.3 Å². The summed E-state index contributed by atoms with van der Waals surface area (Å²) in [5.41, 5.74) is 0.149. The largest absolute Gasteiger partial charge is 0.379 e. The van der Waals surface area contributed by atoms with Crippen LogP contribution >= 0.6 is 22.9 Å². The van der Waals surface area contributed by atoms with Crippen LogP contribution in [0.2, 0.25) is 4.34 Å². The van der Waals surface area contributed by atoms with Crippen molar-refractivity contribution in [3.05, 3.63) is 21.3 Å². The Kier molecular flexibility index (Phi) is 6.51. The Morgan fingerprint density at radius 1 is 1.38 bits per heavy atom. The predicted octanol–water partition coefficient (Wildman–Crippen LogP) is 3.42. The van der Waals surface area contributed by atoms with Gasteiger partial charge in [0.25, 0.3) is 0 Å². The molecule has 120 valence electrons. The second-order valence-corrected chi connectivity index (χ2v) is 7.63. The van der Waals surface area contributed by atoms with E-state index in [-0.39, 0.29) is 5.54 Å². The van der Waals surface area contributed by atoms with E-state index in [0.717, 1.165) is 50.0 Å². The lowest BCUT2D eigenvalue weighted by atomic mass is 9.84. The standard InChI is InChI=1S/C16H27ClN2OS/c1-4-16(3,19-8-10-20-11-9-19)14(18-5-2)12-13-6-7-15(17)21-13/h6-7,14,18H,4-5,8-12H2,1-3H3. The molecule has 1 aliphatic heterocycles. The number of ether oxygens (including phenoxy) is 1. The molecule has 1 saturated heterocycles. The van der Waals surface area contributed by atoms with Gasteiger partial charge in [0.1, 0.15) is 0 Å². The van der Waals surface area contributed by atoms with E-state index in [1.54, 1.807) is 11.3 Å². The van der Waals surface area contributed by atoms with Crippen LogP contribution in [0, 0.1) is 0 Å².